The first kappa shape index (κ1) is 13.5. The molecule has 0 unspecified atom stereocenters. The third kappa shape index (κ3) is 2.64. The third-order valence-electron chi connectivity index (χ3n) is 3.67. The Morgan fingerprint density at radius 2 is 1.74 bits per heavy atom. The number of aryl methyl sites for hydroxylation is 1. The lowest BCUT2D eigenvalue weighted by molar-refractivity contribution is 0.480. The average molecular weight is 302 g/mol. The van der Waals surface area contributed by atoms with Crippen molar-refractivity contribution in [3.05, 3.63) is 67.0 Å². The molecule has 2 aromatic carbocycles. The van der Waals surface area contributed by atoms with Crippen LogP contribution in [0.4, 0.5) is 0 Å². The number of pyridine rings is 1. The Morgan fingerprint density at radius 1 is 0.913 bits per heavy atom. The first-order valence-corrected chi connectivity index (χ1v) is 7.27. The van der Waals surface area contributed by atoms with Crippen molar-refractivity contribution in [2.45, 2.75) is 0 Å². The van der Waals surface area contributed by atoms with Crippen molar-refractivity contribution in [3.8, 4) is 22.6 Å². The van der Waals surface area contributed by atoms with E-state index in [1.807, 2.05) is 55.6 Å². The molecule has 4 aromatic rings. The van der Waals surface area contributed by atoms with Crippen LogP contribution in [0.5, 0.6) is 11.5 Å². The molecule has 112 valence electrons. The molecule has 4 rings (SSSR count). The van der Waals surface area contributed by atoms with E-state index in [0.717, 1.165) is 33.7 Å². The van der Waals surface area contributed by atoms with Crippen LogP contribution in [0, 0.1) is 0 Å². The predicted octanol–water partition coefficient (Wildman–Crippen LogP) is 3.82. The molecular formula is C18H14N4O. The molecule has 0 saturated heterocycles. The number of nitrogens with zero attached hydrogens (tertiary/aromatic N) is 4. The Hall–Kier alpha value is -3.21. The van der Waals surface area contributed by atoms with Crippen LogP contribution in [0.1, 0.15) is 0 Å². The van der Waals surface area contributed by atoms with Gasteiger partial charge in [-0.3, -0.25) is 4.98 Å². The second-order valence-electron chi connectivity index (χ2n) is 5.23. The van der Waals surface area contributed by atoms with Gasteiger partial charge in [-0.2, -0.15) is 0 Å². The molecule has 5 nitrogen and oxygen atoms in total. The average Bonchev–Trinajstić information content (AvgIpc) is 2.97. The summed E-state index contributed by atoms with van der Waals surface area (Å²) in [5.41, 5.74) is 4.15. The van der Waals surface area contributed by atoms with Crippen LogP contribution in [0.3, 0.4) is 0 Å². The highest BCUT2D eigenvalue weighted by Crippen LogP contribution is 2.27. The van der Waals surface area contributed by atoms with Gasteiger partial charge in [0.05, 0.1) is 11.7 Å². The fraction of sp³-hybridized carbons (Fsp3) is 0.0556. The molecule has 0 saturated carbocycles. The molecule has 0 radical (unpaired) electrons. The van der Waals surface area contributed by atoms with Crippen LogP contribution in [-0.2, 0) is 7.05 Å². The number of aromatic nitrogens is 4. The zero-order valence-electron chi connectivity index (χ0n) is 12.5. The van der Waals surface area contributed by atoms with E-state index in [9.17, 15) is 0 Å². The molecule has 0 atom stereocenters. The monoisotopic (exact) mass is 302 g/mol. The highest BCUT2D eigenvalue weighted by molar-refractivity contribution is 5.81. The van der Waals surface area contributed by atoms with Crippen molar-refractivity contribution in [2.24, 2.45) is 7.05 Å². The Balaban J connectivity index is 1.62. The number of hydrogen-bond acceptors (Lipinski definition) is 4. The number of hydrogen-bond donors (Lipinski definition) is 0. The van der Waals surface area contributed by atoms with Crippen molar-refractivity contribution >= 4 is 11.0 Å². The quantitative estimate of drug-likeness (QED) is 0.577. The Kier molecular flexibility index (Phi) is 3.24. The van der Waals surface area contributed by atoms with Crippen molar-refractivity contribution in [2.75, 3.05) is 0 Å². The summed E-state index contributed by atoms with van der Waals surface area (Å²) in [6, 6.07) is 17.8. The van der Waals surface area contributed by atoms with Gasteiger partial charge in [0.15, 0.2) is 0 Å². The SMILES string of the molecule is Cn1nnc2ccc(-c3ccc(Oc4cccnc4)cc3)cc21. The fourth-order valence-corrected chi connectivity index (χ4v) is 2.47. The zero-order chi connectivity index (χ0) is 15.6. The summed E-state index contributed by atoms with van der Waals surface area (Å²) >= 11 is 0. The smallest absolute Gasteiger partial charge is 0.145 e. The van der Waals surface area contributed by atoms with Crippen LogP contribution in [0.15, 0.2) is 67.0 Å². The van der Waals surface area contributed by atoms with Gasteiger partial charge < -0.3 is 4.74 Å². The van der Waals surface area contributed by atoms with Crippen molar-refractivity contribution in [1.82, 2.24) is 20.0 Å². The summed E-state index contributed by atoms with van der Waals surface area (Å²) in [6.07, 6.45) is 3.41. The lowest BCUT2D eigenvalue weighted by Gasteiger charge is -2.07. The largest absolute Gasteiger partial charge is 0.456 e. The van der Waals surface area contributed by atoms with Gasteiger partial charge >= 0.3 is 0 Å². The second-order valence-corrected chi connectivity index (χ2v) is 5.23. The molecule has 0 fully saturated rings. The summed E-state index contributed by atoms with van der Waals surface area (Å²) in [4.78, 5) is 4.04. The van der Waals surface area contributed by atoms with Gasteiger partial charge in [0.2, 0.25) is 0 Å². The molecule has 2 heterocycles. The Bertz CT molecular complexity index is 946. The Labute approximate surface area is 133 Å². The number of rotatable bonds is 3. The van der Waals surface area contributed by atoms with Crippen LogP contribution in [-0.4, -0.2) is 20.0 Å². The molecule has 0 aliphatic carbocycles. The van der Waals surface area contributed by atoms with E-state index in [2.05, 4.69) is 21.4 Å². The van der Waals surface area contributed by atoms with Gasteiger partial charge in [0.1, 0.15) is 17.0 Å². The van der Waals surface area contributed by atoms with Crippen molar-refractivity contribution < 1.29 is 4.74 Å². The van der Waals surface area contributed by atoms with Gasteiger partial charge in [-0.15, -0.1) is 5.10 Å². The van der Waals surface area contributed by atoms with E-state index in [1.54, 1.807) is 17.1 Å². The third-order valence-corrected chi connectivity index (χ3v) is 3.67. The fourth-order valence-electron chi connectivity index (χ4n) is 2.47. The molecule has 0 N–H and O–H groups in total. The summed E-state index contributed by atoms with van der Waals surface area (Å²) in [5, 5.41) is 8.13. The van der Waals surface area contributed by atoms with Gasteiger partial charge in [0.25, 0.3) is 0 Å². The number of ether oxygens (including phenoxy) is 1. The molecular weight excluding hydrogens is 288 g/mol. The summed E-state index contributed by atoms with van der Waals surface area (Å²) in [6.45, 7) is 0. The van der Waals surface area contributed by atoms with Gasteiger partial charge in [0, 0.05) is 13.2 Å². The van der Waals surface area contributed by atoms with Crippen LogP contribution in [0.25, 0.3) is 22.2 Å². The van der Waals surface area contributed by atoms with E-state index in [4.69, 9.17) is 4.74 Å². The number of fused-ring (bicyclic) bond motifs is 1. The molecule has 0 spiro atoms. The minimum atomic E-state index is 0.725. The molecule has 2 aromatic heterocycles. The van der Waals surface area contributed by atoms with E-state index >= 15 is 0 Å². The van der Waals surface area contributed by atoms with Crippen LogP contribution >= 0.6 is 0 Å². The van der Waals surface area contributed by atoms with Crippen molar-refractivity contribution in [1.29, 1.82) is 0 Å². The van der Waals surface area contributed by atoms with Crippen molar-refractivity contribution in [3.63, 3.8) is 0 Å². The summed E-state index contributed by atoms with van der Waals surface area (Å²) in [5.74, 6) is 1.51. The molecule has 0 aliphatic rings. The second kappa shape index (κ2) is 5.53. The van der Waals surface area contributed by atoms with Crippen LogP contribution in [0.2, 0.25) is 0 Å². The summed E-state index contributed by atoms with van der Waals surface area (Å²) in [7, 11) is 1.89. The van der Waals surface area contributed by atoms with Gasteiger partial charge in [-0.05, 0) is 47.5 Å². The van der Waals surface area contributed by atoms with Gasteiger partial charge in [-0.1, -0.05) is 23.4 Å². The van der Waals surface area contributed by atoms with E-state index in [1.165, 1.54) is 0 Å². The molecule has 5 heteroatoms. The summed E-state index contributed by atoms with van der Waals surface area (Å²) < 4.78 is 7.54. The molecule has 0 bridgehead atoms. The minimum Gasteiger partial charge on any atom is -0.456 e. The number of benzene rings is 2. The highest BCUT2D eigenvalue weighted by atomic mass is 16.5. The normalized spacial score (nSPS) is 10.8. The minimum absolute atomic E-state index is 0.725. The van der Waals surface area contributed by atoms with Gasteiger partial charge in [-0.25, -0.2) is 4.68 Å². The van der Waals surface area contributed by atoms with E-state index < -0.39 is 0 Å². The predicted molar refractivity (Wildman–Crippen MR) is 88.3 cm³/mol. The highest BCUT2D eigenvalue weighted by Gasteiger charge is 2.05. The standard InChI is InChI=1S/C18H14N4O/c1-22-18-11-14(6-9-17(18)20-21-22)13-4-7-15(8-5-13)23-16-3-2-10-19-12-16/h2-12H,1H3. The van der Waals surface area contributed by atoms with E-state index in [-0.39, 0.29) is 0 Å². The van der Waals surface area contributed by atoms with Crippen LogP contribution < -0.4 is 4.74 Å². The zero-order valence-corrected chi connectivity index (χ0v) is 12.5. The first-order valence-electron chi connectivity index (χ1n) is 7.27. The lowest BCUT2D eigenvalue weighted by atomic mass is 10.1. The Morgan fingerprint density at radius 3 is 2.52 bits per heavy atom. The van der Waals surface area contributed by atoms with E-state index in [0.29, 0.717) is 0 Å². The molecule has 0 aliphatic heterocycles. The maximum atomic E-state index is 5.76. The molecule has 0 amide bonds. The lowest BCUT2D eigenvalue weighted by Crippen LogP contribution is -1.89. The maximum absolute atomic E-state index is 5.76. The molecule has 23 heavy (non-hydrogen) atoms. The first-order chi connectivity index (χ1) is 11.3. The topological polar surface area (TPSA) is 52.8 Å². The maximum Gasteiger partial charge on any atom is 0.145 e.